The van der Waals surface area contributed by atoms with Crippen molar-refractivity contribution in [3.63, 3.8) is 0 Å². The summed E-state index contributed by atoms with van der Waals surface area (Å²) < 4.78 is 33.4. The van der Waals surface area contributed by atoms with Crippen LogP contribution in [0.15, 0.2) is 0 Å². The monoisotopic (exact) mass is 290 g/mol. The van der Waals surface area contributed by atoms with E-state index in [1.165, 1.54) is 0 Å². The van der Waals surface area contributed by atoms with Gasteiger partial charge in [0.1, 0.15) is 0 Å². The average Bonchev–Trinajstić information content (AvgIpc) is 2.93. The maximum absolute atomic E-state index is 12.3. The molecule has 2 heterocycles. The standard InChI is InChI=1S/C13H26N2O3S/c1-3-13(4-2)9-11(6-8-18-13)15-19(16,17)12-5-7-14-10-12/h11-12,14-15H,3-10H2,1-2H3. The minimum atomic E-state index is -3.19. The number of rotatable bonds is 5. The maximum atomic E-state index is 12.3. The molecule has 2 fully saturated rings. The van der Waals surface area contributed by atoms with Gasteiger partial charge in [-0.15, -0.1) is 0 Å². The fourth-order valence-electron chi connectivity index (χ4n) is 3.09. The molecule has 2 rings (SSSR count). The topological polar surface area (TPSA) is 67.4 Å². The molecule has 19 heavy (non-hydrogen) atoms. The molecular weight excluding hydrogens is 264 g/mol. The van der Waals surface area contributed by atoms with Crippen LogP contribution in [0, 0.1) is 0 Å². The zero-order chi connectivity index (χ0) is 13.9. The first-order valence-corrected chi connectivity index (χ1v) is 8.92. The SMILES string of the molecule is CCC1(CC)CC(NS(=O)(=O)C2CCNC2)CCO1. The molecule has 0 aromatic rings. The van der Waals surface area contributed by atoms with E-state index in [-0.39, 0.29) is 16.9 Å². The summed E-state index contributed by atoms with van der Waals surface area (Å²) in [5.41, 5.74) is -0.140. The van der Waals surface area contributed by atoms with E-state index in [0.29, 0.717) is 19.6 Å². The summed E-state index contributed by atoms with van der Waals surface area (Å²) in [5, 5.41) is 2.84. The molecule has 6 heteroatoms. The van der Waals surface area contributed by atoms with E-state index in [4.69, 9.17) is 4.74 Å². The van der Waals surface area contributed by atoms with E-state index in [1.807, 2.05) is 0 Å². The van der Waals surface area contributed by atoms with Gasteiger partial charge in [-0.3, -0.25) is 0 Å². The van der Waals surface area contributed by atoms with Gasteiger partial charge >= 0.3 is 0 Å². The van der Waals surface area contributed by atoms with Gasteiger partial charge < -0.3 is 10.1 Å². The molecule has 0 saturated carbocycles. The van der Waals surface area contributed by atoms with Gasteiger partial charge in [0.2, 0.25) is 10.0 Å². The summed E-state index contributed by atoms with van der Waals surface area (Å²) in [6, 6.07) is 0.0271. The van der Waals surface area contributed by atoms with Crippen molar-refractivity contribution in [1.29, 1.82) is 0 Å². The lowest BCUT2D eigenvalue weighted by Gasteiger charge is -2.40. The molecule has 0 amide bonds. The molecule has 2 N–H and O–H groups in total. The maximum Gasteiger partial charge on any atom is 0.216 e. The molecule has 0 radical (unpaired) electrons. The number of sulfonamides is 1. The van der Waals surface area contributed by atoms with Crippen LogP contribution < -0.4 is 10.0 Å². The largest absolute Gasteiger partial charge is 0.375 e. The summed E-state index contributed by atoms with van der Waals surface area (Å²) in [6.07, 6.45) is 4.16. The molecule has 0 aromatic carbocycles. The van der Waals surface area contributed by atoms with Gasteiger partial charge in [0.05, 0.1) is 10.9 Å². The fourth-order valence-corrected chi connectivity index (χ4v) is 4.72. The number of hydrogen-bond donors (Lipinski definition) is 2. The highest BCUT2D eigenvalue weighted by atomic mass is 32.2. The van der Waals surface area contributed by atoms with E-state index in [0.717, 1.165) is 32.2 Å². The van der Waals surface area contributed by atoms with Gasteiger partial charge in [0.15, 0.2) is 0 Å². The molecule has 0 aromatic heterocycles. The second kappa shape index (κ2) is 6.08. The van der Waals surface area contributed by atoms with Crippen LogP contribution in [0.1, 0.15) is 46.0 Å². The molecule has 0 spiro atoms. The van der Waals surface area contributed by atoms with Crippen molar-refractivity contribution in [1.82, 2.24) is 10.0 Å². The molecule has 2 atom stereocenters. The Labute approximate surface area is 116 Å². The summed E-state index contributed by atoms with van der Waals surface area (Å²) in [4.78, 5) is 0. The summed E-state index contributed by atoms with van der Waals surface area (Å²) >= 11 is 0. The summed E-state index contributed by atoms with van der Waals surface area (Å²) in [5.74, 6) is 0. The second-order valence-corrected chi connectivity index (χ2v) is 7.70. The van der Waals surface area contributed by atoms with Crippen molar-refractivity contribution in [2.45, 2.75) is 62.8 Å². The average molecular weight is 290 g/mol. The molecule has 2 unspecified atom stereocenters. The van der Waals surface area contributed by atoms with Gasteiger partial charge in [-0.25, -0.2) is 13.1 Å². The smallest absolute Gasteiger partial charge is 0.216 e. The van der Waals surface area contributed by atoms with Gasteiger partial charge in [-0.1, -0.05) is 13.8 Å². The number of nitrogens with one attached hydrogen (secondary N) is 2. The van der Waals surface area contributed by atoms with Crippen molar-refractivity contribution in [2.24, 2.45) is 0 Å². The van der Waals surface area contributed by atoms with Crippen LogP contribution in [0.2, 0.25) is 0 Å². The predicted molar refractivity (Wildman–Crippen MR) is 75.6 cm³/mol. The fraction of sp³-hybridized carbons (Fsp3) is 1.00. The second-order valence-electron chi connectivity index (χ2n) is 5.71. The number of ether oxygens (including phenoxy) is 1. The van der Waals surface area contributed by atoms with Gasteiger partial charge in [-0.2, -0.15) is 0 Å². The Hall–Kier alpha value is -0.170. The van der Waals surface area contributed by atoms with Gasteiger partial charge in [-0.05, 0) is 38.6 Å². The normalized spacial score (nSPS) is 31.5. The van der Waals surface area contributed by atoms with Crippen LogP contribution in [-0.4, -0.2) is 45.0 Å². The third-order valence-corrected chi connectivity index (χ3v) is 6.51. The highest BCUT2D eigenvalue weighted by Crippen LogP contribution is 2.31. The summed E-state index contributed by atoms with van der Waals surface area (Å²) in [6.45, 7) is 6.25. The minimum absolute atomic E-state index is 0.0271. The van der Waals surface area contributed by atoms with E-state index in [9.17, 15) is 8.42 Å². The Balaban J connectivity index is 1.98. The molecule has 2 aliphatic heterocycles. The van der Waals surface area contributed by atoms with Crippen LogP contribution in [-0.2, 0) is 14.8 Å². The van der Waals surface area contributed by atoms with Crippen LogP contribution in [0.3, 0.4) is 0 Å². The molecular formula is C13H26N2O3S. The lowest BCUT2D eigenvalue weighted by Crippen LogP contribution is -2.50. The third kappa shape index (κ3) is 3.48. The Bertz CT molecular complexity index is 387. The predicted octanol–water partition coefficient (Wildman–Crippen LogP) is 1.01. The highest BCUT2D eigenvalue weighted by Gasteiger charge is 2.38. The quantitative estimate of drug-likeness (QED) is 0.793. The molecule has 0 aliphatic carbocycles. The number of hydrogen-bond acceptors (Lipinski definition) is 4. The zero-order valence-corrected chi connectivity index (χ0v) is 12.8. The van der Waals surface area contributed by atoms with Crippen molar-refractivity contribution in [3.05, 3.63) is 0 Å². The zero-order valence-electron chi connectivity index (χ0n) is 11.9. The summed E-state index contributed by atoms with van der Waals surface area (Å²) in [7, 11) is -3.19. The van der Waals surface area contributed by atoms with Crippen molar-refractivity contribution < 1.29 is 13.2 Å². The molecule has 5 nitrogen and oxygen atoms in total. The van der Waals surface area contributed by atoms with Crippen molar-refractivity contribution >= 4 is 10.0 Å². The lowest BCUT2D eigenvalue weighted by atomic mass is 9.86. The van der Waals surface area contributed by atoms with Gasteiger partial charge in [0, 0.05) is 19.2 Å². The Morgan fingerprint density at radius 3 is 2.63 bits per heavy atom. The third-order valence-electron chi connectivity index (χ3n) is 4.57. The van der Waals surface area contributed by atoms with Crippen LogP contribution >= 0.6 is 0 Å². The molecule has 2 aliphatic rings. The van der Waals surface area contributed by atoms with E-state index in [1.54, 1.807) is 0 Å². The van der Waals surface area contributed by atoms with E-state index >= 15 is 0 Å². The molecule has 112 valence electrons. The van der Waals surface area contributed by atoms with Crippen LogP contribution in [0.4, 0.5) is 0 Å². The van der Waals surface area contributed by atoms with Gasteiger partial charge in [0.25, 0.3) is 0 Å². The van der Waals surface area contributed by atoms with Crippen molar-refractivity contribution in [3.8, 4) is 0 Å². The Kier molecular flexibility index (Phi) is 4.87. The molecule has 2 saturated heterocycles. The first kappa shape index (κ1) is 15.2. The van der Waals surface area contributed by atoms with E-state index < -0.39 is 10.0 Å². The lowest BCUT2D eigenvalue weighted by molar-refractivity contribution is -0.0905. The Morgan fingerprint density at radius 2 is 2.05 bits per heavy atom. The van der Waals surface area contributed by atoms with E-state index in [2.05, 4.69) is 23.9 Å². The minimum Gasteiger partial charge on any atom is -0.375 e. The van der Waals surface area contributed by atoms with Crippen molar-refractivity contribution in [2.75, 3.05) is 19.7 Å². The van der Waals surface area contributed by atoms with Crippen LogP contribution in [0.5, 0.6) is 0 Å². The van der Waals surface area contributed by atoms with Crippen LogP contribution in [0.25, 0.3) is 0 Å². The Morgan fingerprint density at radius 1 is 1.32 bits per heavy atom. The first-order chi connectivity index (χ1) is 9.01. The highest BCUT2D eigenvalue weighted by molar-refractivity contribution is 7.90. The molecule has 0 bridgehead atoms. The first-order valence-electron chi connectivity index (χ1n) is 7.37.